The van der Waals surface area contributed by atoms with Gasteiger partial charge in [-0.15, -0.1) is 0 Å². The zero-order valence-corrected chi connectivity index (χ0v) is 14.4. The molecule has 27 heavy (non-hydrogen) atoms. The summed E-state index contributed by atoms with van der Waals surface area (Å²) < 4.78 is 20.9. The normalized spacial score (nSPS) is 12.9. The summed E-state index contributed by atoms with van der Waals surface area (Å²) in [6, 6.07) is 12.7. The van der Waals surface area contributed by atoms with Crippen molar-refractivity contribution in [3.8, 4) is 5.69 Å². The van der Waals surface area contributed by atoms with E-state index >= 15 is 0 Å². The van der Waals surface area contributed by atoms with Crippen LogP contribution in [-0.2, 0) is 17.7 Å². The summed E-state index contributed by atoms with van der Waals surface area (Å²) in [4.78, 5) is 16.3. The quantitative estimate of drug-likeness (QED) is 0.667. The molecule has 1 amide bonds. The van der Waals surface area contributed by atoms with E-state index in [-0.39, 0.29) is 23.9 Å². The molecular formula is C19H17BFN3O3. The van der Waals surface area contributed by atoms with Crippen molar-refractivity contribution in [1.82, 2.24) is 14.9 Å². The number of hydrogen-bond acceptors (Lipinski definition) is 4. The van der Waals surface area contributed by atoms with Crippen LogP contribution >= 0.6 is 0 Å². The smallest absolute Gasteiger partial charge is 0.423 e. The van der Waals surface area contributed by atoms with E-state index in [0.717, 1.165) is 5.56 Å². The lowest BCUT2D eigenvalue weighted by atomic mass is 9.79. The highest BCUT2D eigenvalue weighted by Gasteiger charge is 2.29. The number of amides is 1. The van der Waals surface area contributed by atoms with Crippen molar-refractivity contribution >= 4 is 18.5 Å². The Morgan fingerprint density at radius 3 is 2.96 bits per heavy atom. The second-order valence-electron chi connectivity index (χ2n) is 6.32. The molecule has 2 aromatic carbocycles. The molecule has 0 fully saturated rings. The fraction of sp³-hybridized carbons (Fsp3) is 0.158. The van der Waals surface area contributed by atoms with Gasteiger partial charge in [0, 0.05) is 12.7 Å². The summed E-state index contributed by atoms with van der Waals surface area (Å²) in [5.41, 5.74) is 2.66. The van der Waals surface area contributed by atoms with Crippen LogP contribution < -0.4 is 10.8 Å². The van der Waals surface area contributed by atoms with Crippen molar-refractivity contribution in [3.63, 3.8) is 0 Å². The van der Waals surface area contributed by atoms with Crippen molar-refractivity contribution in [2.45, 2.75) is 13.0 Å². The molecule has 2 heterocycles. The molecular weight excluding hydrogens is 348 g/mol. The Bertz CT molecular complexity index is 978. The Labute approximate surface area is 155 Å². The number of hydrogen-bond donors (Lipinski definition) is 2. The lowest BCUT2D eigenvalue weighted by Crippen LogP contribution is -2.28. The van der Waals surface area contributed by atoms with E-state index in [1.807, 2.05) is 30.3 Å². The Hall–Kier alpha value is -2.97. The highest BCUT2D eigenvalue weighted by Crippen LogP contribution is 2.19. The van der Waals surface area contributed by atoms with Gasteiger partial charge < -0.3 is 19.6 Å². The number of carbonyl (C=O) groups excluding carboxylic acids is 1. The number of imidazole rings is 1. The lowest BCUT2D eigenvalue weighted by Gasteiger charge is -2.07. The summed E-state index contributed by atoms with van der Waals surface area (Å²) >= 11 is 0. The summed E-state index contributed by atoms with van der Waals surface area (Å²) in [5, 5.41) is 12.6. The Morgan fingerprint density at radius 1 is 1.33 bits per heavy atom. The number of benzene rings is 2. The van der Waals surface area contributed by atoms with E-state index in [0.29, 0.717) is 24.0 Å². The zero-order chi connectivity index (χ0) is 18.8. The molecule has 1 aromatic heterocycles. The molecule has 0 saturated heterocycles. The Balaban J connectivity index is 1.45. The number of aromatic nitrogens is 2. The largest absolute Gasteiger partial charge is 0.491 e. The maximum Gasteiger partial charge on any atom is 0.491 e. The van der Waals surface area contributed by atoms with Crippen molar-refractivity contribution in [3.05, 3.63) is 77.6 Å². The van der Waals surface area contributed by atoms with Crippen LogP contribution in [0.25, 0.3) is 5.69 Å². The minimum Gasteiger partial charge on any atom is -0.423 e. The van der Waals surface area contributed by atoms with Gasteiger partial charge in [0.15, 0.2) is 0 Å². The molecule has 4 rings (SSSR count). The van der Waals surface area contributed by atoms with Crippen LogP contribution in [0, 0.1) is 5.82 Å². The number of carbonyl (C=O) groups is 1. The van der Waals surface area contributed by atoms with Crippen LogP contribution in [0.2, 0.25) is 0 Å². The van der Waals surface area contributed by atoms with Gasteiger partial charge in [-0.1, -0.05) is 30.3 Å². The van der Waals surface area contributed by atoms with Crippen LogP contribution in [0.5, 0.6) is 0 Å². The van der Waals surface area contributed by atoms with E-state index in [1.165, 1.54) is 29.2 Å². The molecule has 1 aliphatic heterocycles. The molecule has 1 aliphatic rings. The lowest BCUT2D eigenvalue weighted by molar-refractivity contribution is 0.0949. The molecule has 0 atom stereocenters. The molecule has 136 valence electrons. The molecule has 0 radical (unpaired) electrons. The summed E-state index contributed by atoms with van der Waals surface area (Å²) in [6.45, 7) is 0.652. The molecule has 0 unspecified atom stereocenters. The first-order valence-corrected chi connectivity index (χ1v) is 8.60. The predicted octanol–water partition coefficient (Wildman–Crippen LogP) is 1.20. The third-order valence-corrected chi connectivity index (χ3v) is 4.51. The average Bonchev–Trinajstić information content (AvgIpc) is 3.29. The standard InChI is InChI=1S/C19H17BFN3O3/c21-16-8-14-11-27-20(26)15(14)9-18(16)24-10-17(23-12-24)19(25)22-7-6-13-4-2-1-3-5-13/h1-5,8-10,12,26H,6-7,11H2,(H,22,25). The molecule has 0 aliphatic carbocycles. The third-order valence-electron chi connectivity index (χ3n) is 4.51. The fourth-order valence-corrected chi connectivity index (χ4v) is 3.06. The van der Waals surface area contributed by atoms with Crippen molar-refractivity contribution < 1.29 is 18.9 Å². The second-order valence-corrected chi connectivity index (χ2v) is 6.32. The zero-order valence-electron chi connectivity index (χ0n) is 14.4. The second kappa shape index (κ2) is 7.34. The third kappa shape index (κ3) is 3.62. The molecule has 6 nitrogen and oxygen atoms in total. The van der Waals surface area contributed by atoms with Gasteiger partial charge in [-0.2, -0.15) is 0 Å². The van der Waals surface area contributed by atoms with E-state index in [9.17, 15) is 14.2 Å². The highest BCUT2D eigenvalue weighted by molar-refractivity contribution is 6.61. The van der Waals surface area contributed by atoms with Gasteiger partial charge in [-0.25, -0.2) is 9.37 Å². The SMILES string of the molecule is O=C(NCCc1ccccc1)c1cn(-c2cc3c(cc2F)COB3O)cn1. The maximum absolute atomic E-state index is 14.4. The average molecular weight is 365 g/mol. The highest BCUT2D eigenvalue weighted by atomic mass is 19.1. The first-order chi connectivity index (χ1) is 13.1. The summed E-state index contributed by atoms with van der Waals surface area (Å²) in [7, 11) is -1.07. The Kier molecular flexibility index (Phi) is 4.74. The number of halogens is 1. The molecule has 0 spiro atoms. The number of rotatable bonds is 5. The molecule has 0 saturated carbocycles. The predicted molar refractivity (Wildman–Crippen MR) is 98.4 cm³/mol. The monoisotopic (exact) mass is 365 g/mol. The van der Waals surface area contributed by atoms with Gasteiger partial charge in [-0.05, 0) is 35.1 Å². The minimum absolute atomic E-state index is 0.173. The van der Waals surface area contributed by atoms with Gasteiger partial charge in [-0.3, -0.25) is 4.79 Å². The van der Waals surface area contributed by atoms with Crippen LogP contribution in [0.1, 0.15) is 21.6 Å². The molecule has 0 bridgehead atoms. The Morgan fingerprint density at radius 2 is 2.15 bits per heavy atom. The van der Waals surface area contributed by atoms with Gasteiger partial charge in [0.2, 0.25) is 0 Å². The fourth-order valence-electron chi connectivity index (χ4n) is 3.06. The van der Waals surface area contributed by atoms with E-state index < -0.39 is 12.9 Å². The van der Waals surface area contributed by atoms with Crippen LogP contribution in [0.3, 0.4) is 0 Å². The van der Waals surface area contributed by atoms with Crippen molar-refractivity contribution in [2.24, 2.45) is 0 Å². The first kappa shape index (κ1) is 17.4. The number of fused-ring (bicyclic) bond motifs is 1. The van der Waals surface area contributed by atoms with Gasteiger partial charge in [0.05, 0.1) is 12.3 Å². The molecule has 3 aromatic rings. The topological polar surface area (TPSA) is 76.4 Å². The summed E-state index contributed by atoms with van der Waals surface area (Å²) in [5.74, 6) is -0.797. The maximum atomic E-state index is 14.4. The minimum atomic E-state index is -1.07. The van der Waals surface area contributed by atoms with Gasteiger partial charge in [0.25, 0.3) is 5.91 Å². The van der Waals surface area contributed by atoms with Crippen LogP contribution in [0.15, 0.2) is 55.0 Å². The van der Waals surface area contributed by atoms with Crippen LogP contribution in [-0.4, -0.2) is 34.1 Å². The van der Waals surface area contributed by atoms with Crippen LogP contribution in [0.4, 0.5) is 4.39 Å². The molecule has 8 heteroatoms. The first-order valence-electron chi connectivity index (χ1n) is 8.60. The van der Waals surface area contributed by atoms with Gasteiger partial charge in [0.1, 0.15) is 17.8 Å². The van der Waals surface area contributed by atoms with E-state index in [2.05, 4.69) is 10.3 Å². The van der Waals surface area contributed by atoms with Crippen molar-refractivity contribution in [2.75, 3.05) is 6.54 Å². The number of nitrogens with zero attached hydrogens (tertiary/aromatic N) is 2. The number of nitrogens with one attached hydrogen (secondary N) is 1. The van der Waals surface area contributed by atoms with E-state index in [4.69, 9.17) is 4.65 Å². The molecule has 2 N–H and O–H groups in total. The van der Waals surface area contributed by atoms with E-state index in [1.54, 1.807) is 0 Å². The van der Waals surface area contributed by atoms with Gasteiger partial charge >= 0.3 is 7.12 Å². The summed E-state index contributed by atoms with van der Waals surface area (Å²) in [6.07, 6.45) is 3.55. The van der Waals surface area contributed by atoms with Crippen molar-refractivity contribution in [1.29, 1.82) is 0 Å².